The van der Waals surface area contributed by atoms with Gasteiger partial charge in [0.1, 0.15) is 5.75 Å². The monoisotopic (exact) mass is 624 g/mol. The molecule has 0 radical (unpaired) electrons. The van der Waals surface area contributed by atoms with Crippen molar-refractivity contribution >= 4 is 52.9 Å². The summed E-state index contributed by atoms with van der Waals surface area (Å²) in [7, 11) is 2.78. The summed E-state index contributed by atoms with van der Waals surface area (Å²) in [5.74, 6) is -4.33. The number of phenolic OH excluding ortho intramolecular Hbond substituents is 2. The Bertz CT molecular complexity index is 1610. The van der Waals surface area contributed by atoms with Gasteiger partial charge in [0.05, 0.1) is 18.9 Å². The molecule has 11 heteroatoms. The smallest absolute Gasteiger partial charge is 0.253 e. The number of rotatable bonds is 6. The van der Waals surface area contributed by atoms with Gasteiger partial charge in [-0.25, -0.2) is 0 Å². The topological polar surface area (TPSA) is 124 Å². The number of likely N-dealkylation sites (tertiary alicyclic amines) is 2. The molecule has 0 spiro atoms. The summed E-state index contributed by atoms with van der Waals surface area (Å²) >= 11 is 14.3. The van der Waals surface area contributed by atoms with Gasteiger partial charge in [-0.05, 0) is 60.6 Å². The summed E-state index contributed by atoms with van der Waals surface area (Å²) < 4.78 is 5.21. The number of methoxy groups -OCH3 is 1. The maximum absolute atomic E-state index is 13.9. The molecule has 224 valence electrons. The molecule has 4 aliphatic rings. The van der Waals surface area contributed by atoms with Gasteiger partial charge < -0.3 is 14.9 Å². The molecule has 6 unspecified atom stereocenters. The number of fused-ring (bicyclic) bond motifs is 4. The summed E-state index contributed by atoms with van der Waals surface area (Å²) in [6.45, 7) is 0.176. The number of halogens is 2. The van der Waals surface area contributed by atoms with Crippen LogP contribution in [0.5, 0.6) is 17.2 Å². The molecule has 9 nitrogen and oxygen atoms in total. The molecular formula is C32H30Cl2N2O7. The predicted molar refractivity (Wildman–Crippen MR) is 158 cm³/mol. The Hall–Kier alpha value is -3.82. The number of nitrogens with zero attached hydrogens (tertiary/aromatic N) is 2. The van der Waals surface area contributed by atoms with E-state index in [4.69, 9.17) is 27.9 Å². The van der Waals surface area contributed by atoms with E-state index in [1.54, 1.807) is 48.6 Å². The van der Waals surface area contributed by atoms with Crippen LogP contribution in [0, 0.1) is 23.7 Å². The van der Waals surface area contributed by atoms with Gasteiger partial charge >= 0.3 is 0 Å². The molecule has 2 N–H and O–H groups in total. The molecule has 2 saturated heterocycles. The standard InChI is InChI=1S/C32H30Cl2N2O7/c1-35-29(41)31(33)16-22-20(23(32(31,34)30(35)42)11-5-18-6-12-24(38)25(15-18)43-2)9-10-21-26(22)28(40)36(27(21)39)14-13-17-3-7-19(37)8-4-17/h3-9,11-12,15,21-23,26,37-38H,10,13-14,16H2,1-2H3. The predicted octanol–water partition coefficient (Wildman–Crippen LogP) is 3.88. The number of hydrogen-bond donors (Lipinski definition) is 2. The lowest BCUT2D eigenvalue weighted by molar-refractivity contribution is -0.141. The number of phenols is 2. The van der Waals surface area contributed by atoms with Crippen LogP contribution in [0.25, 0.3) is 6.08 Å². The Labute approximate surface area is 258 Å². The van der Waals surface area contributed by atoms with Crippen molar-refractivity contribution < 1.29 is 34.1 Å². The first-order chi connectivity index (χ1) is 20.4. The van der Waals surface area contributed by atoms with E-state index in [-0.39, 0.29) is 48.4 Å². The maximum Gasteiger partial charge on any atom is 0.253 e. The quantitative estimate of drug-likeness (QED) is 0.284. The van der Waals surface area contributed by atoms with E-state index in [1.807, 2.05) is 6.08 Å². The molecule has 2 aliphatic heterocycles. The zero-order valence-electron chi connectivity index (χ0n) is 23.5. The Morgan fingerprint density at radius 3 is 2.42 bits per heavy atom. The first-order valence-corrected chi connectivity index (χ1v) is 14.8. The van der Waals surface area contributed by atoms with E-state index in [9.17, 15) is 29.4 Å². The molecule has 2 heterocycles. The Morgan fingerprint density at radius 2 is 1.72 bits per heavy atom. The highest BCUT2D eigenvalue weighted by Gasteiger charge is 2.75. The van der Waals surface area contributed by atoms with Crippen LogP contribution in [0.4, 0.5) is 0 Å². The Kier molecular flexibility index (Phi) is 7.09. The lowest BCUT2D eigenvalue weighted by Crippen LogP contribution is -2.60. The molecule has 6 rings (SSSR count). The number of amides is 4. The van der Waals surface area contributed by atoms with Crippen LogP contribution >= 0.6 is 23.2 Å². The lowest BCUT2D eigenvalue weighted by atomic mass is 9.57. The summed E-state index contributed by atoms with van der Waals surface area (Å²) in [6.07, 6.45) is 5.94. The maximum atomic E-state index is 13.9. The molecule has 0 aromatic heterocycles. The van der Waals surface area contributed by atoms with E-state index >= 15 is 0 Å². The average Bonchev–Trinajstić information content (AvgIpc) is 3.31. The number of aromatic hydroxyl groups is 2. The summed E-state index contributed by atoms with van der Waals surface area (Å²) in [4.78, 5) is 53.0. The number of ether oxygens (including phenoxy) is 1. The van der Waals surface area contributed by atoms with E-state index in [0.29, 0.717) is 17.6 Å². The van der Waals surface area contributed by atoms with Crippen molar-refractivity contribution in [1.29, 1.82) is 0 Å². The number of carbonyl (C=O) groups excluding carboxylic acids is 4. The molecule has 3 fully saturated rings. The lowest BCUT2D eigenvalue weighted by Gasteiger charge is -2.49. The molecule has 2 aromatic rings. The van der Waals surface area contributed by atoms with Gasteiger partial charge in [0.2, 0.25) is 11.8 Å². The van der Waals surface area contributed by atoms with Gasteiger partial charge in [-0.1, -0.05) is 42.0 Å². The van der Waals surface area contributed by atoms with Gasteiger partial charge in [0.25, 0.3) is 11.8 Å². The zero-order valence-corrected chi connectivity index (χ0v) is 25.0. The first-order valence-electron chi connectivity index (χ1n) is 14.0. The number of carbonyl (C=O) groups is 4. The summed E-state index contributed by atoms with van der Waals surface area (Å²) in [5.41, 5.74) is 2.21. The number of imide groups is 2. The largest absolute Gasteiger partial charge is 0.508 e. The van der Waals surface area contributed by atoms with Gasteiger partial charge in [-0.3, -0.25) is 29.0 Å². The van der Waals surface area contributed by atoms with E-state index in [2.05, 4.69) is 0 Å². The van der Waals surface area contributed by atoms with Crippen molar-refractivity contribution in [2.45, 2.75) is 29.0 Å². The van der Waals surface area contributed by atoms with Gasteiger partial charge in [-0.15, -0.1) is 23.2 Å². The second-order valence-corrected chi connectivity index (χ2v) is 12.8. The molecule has 0 bridgehead atoms. The van der Waals surface area contributed by atoms with Crippen LogP contribution in [-0.4, -0.2) is 74.1 Å². The fourth-order valence-corrected chi connectivity index (χ4v) is 8.16. The molecule has 2 aromatic carbocycles. The minimum Gasteiger partial charge on any atom is -0.508 e. The van der Waals surface area contributed by atoms with Crippen LogP contribution in [0.1, 0.15) is 24.0 Å². The van der Waals surface area contributed by atoms with Gasteiger partial charge in [-0.2, -0.15) is 0 Å². The van der Waals surface area contributed by atoms with Crippen molar-refractivity contribution in [3.05, 3.63) is 71.3 Å². The zero-order chi connectivity index (χ0) is 30.8. The summed E-state index contributed by atoms with van der Waals surface area (Å²) in [5, 5.41) is 19.6. The highest BCUT2D eigenvalue weighted by molar-refractivity contribution is 6.53. The van der Waals surface area contributed by atoms with E-state index < -0.39 is 45.2 Å². The number of alkyl halides is 2. The van der Waals surface area contributed by atoms with Crippen LogP contribution in [-0.2, 0) is 25.6 Å². The van der Waals surface area contributed by atoms with Crippen molar-refractivity contribution in [1.82, 2.24) is 9.80 Å². The molecule has 4 amide bonds. The van der Waals surface area contributed by atoms with Crippen molar-refractivity contribution in [2.75, 3.05) is 20.7 Å². The minimum absolute atomic E-state index is 0.0374. The Morgan fingerprint density at radius 1 is 1.00 bits per heavy atom. The number of hydrogen-bond acceptors (Lipinski definition) is 7. The normalized spacial score (nSPS) is 31.8. The number of allylic oxidation sites excluding steroid dienone is 3. The second kappa shape index (κ2) is 10.4. The van der Waals surface area contributed by atoms with E-state index in [0.717, 1.165) is 10.5 Å². The van der Waals surface area contributed by atoms with Crippen LogP contribution in [0.15, 0.2) is 60.2 Å². The Balaban J connectivity index is 1.37. The van der Waals surface area contributed by atoms with Crippen LogP contribution in [0.2, 0.25) is 0 Å². The molecule has 2 aliphatic carbocycles. The van der Waals surface area contributed by atoms with E-state index in [1.165, 1.54) is 25.1 Å². The average molecular weight is 626 g/mol. The third-order valence-electron chi connectivity index (χ3n) is 9.41. The fraction of sp³-hybridized carbons (Fsp3) is 0.375. The third-order valence-corrected chi connectivity index (χ3v) is 10.8. The van der Waals surface area contributed by atoms with Crippen LogP contribution in [0.3, 0.4) is 0 Å². The van der Waals surface area contributed by atoms with Gasteiger partial charge in [0, 0.05) is 19.5 Å². The number of benzene rings is 2. The third kappa shape index (κ3) is 4.27. The van der Waals surface area contributed by atoms with Crippen molar-refractivity contribution in [3.8, 4) is 17.2 Å². The minimum atomic E-state index is -1.85. The molecule has 6 atom stereocenters. The second-order valence-electron chi connectivity index (χ2n) is 11.6. The SMILES string of the molecule is COc1cc(C=CC2C3=CCC4C(=O)N(CCc5ccc(O)cc5)C(=O)C4C3CC3(Cl)C(=O)N(C)C(=O)C23Cl)ccc1O. The molecular weight excluding hydrogens is 595 g/mol. The van der Waals surface area contributed by atoms with Gasteiger partial charge in [0.15, 0.2) is 21.2 Å². The molecule has 43 heavy (non-hydrogen) atoms. The summed E-state index contributed by atoms with van der Waals surface area (Å²) in [6, 6.07) is 11.3. The van der Waals surface area contributed by atoms with Crippen molar-refractivity contribution in [3.63, 3.8) is 0 Å². The molecule has 1 saturated carbocycles. The first kappa shape index (κ1) is 29.3. The fourth-order valence-electron chi connectivity index (χ4n) is 7.19. The highest BCUT2D eigenvalue weighted by Crippen LogP contribution is 2.63. The van der Waals surface area contributed by atoms with Crippen LogP contribution < -0.4 is 4.74 Å². The highest BCUT2D eigenvalue weighted by atomic mass is 35.5. The van der Waals surface area contributed by atoms with Crippen molar-refractivity contribution in [2.24, 2.45) is 23.7 Å².